The number of carbonyl (C=O) groups is 1. The Labute approximate surface area is 155 Å². The van der Waals surface area contributed by atoms with Crippen LogP contribution in [0.25, 0.3) is 0 Å². The van der Waals surface area contributed by atoms with Crippen LogP contribution in [0.3, 0.4) is 0 Å². The third-order valence-corrected chi connectivity index (χ3v) is 4.66. The van der Waals surface area contributed by atoms with Gasteiger partial charge in [0, 0.05) is 17.5 Å². The number of carbonyl (C=O) groups excluding carboxylic acids is 1. The fraction of sp³-hybridized carbons (Fsp3) is 0.409. The second-order valence-electron chi connectivity index (χ2n) is 7.55. The highest BCUT2D eigenvalue weighted by Gasteiger charge is 2.34. The zero-order valence-corrected chi connectivity index (χ0v) is 16.2. The van der Waals surface area contributed by atoms with Crippen molar-refractivity contribution >= 4 is 5.91 Å². The Bertz CT molecular complexity index is 826. The van der Waals surface area contributed by atoms with Gasteiger partial charge in [0.25, 0.3) is 5.91 Å². The Balaban J connectivity index is 1.85. The highest BCUT2D eigenvalue weighted by Crippen LogP contribution is 2.40. The van der Waals surface area contributed by atoms with Gasteiger partial charge in [0.15, 0.2) is 0 Å². The van der Waals surface area contributed by atoms with Crippen LogP contribution in [0.5, 0.6) is 11.5 Å². The Kier molecular flexibility index (Phi) is 4.94. The van der Waals surface area contributed by atoms with Crippen LogP contribution >= 0.6 is 0 Å². The molecule has 26 heavy (non-hydrogen) atoms. The number of nitrogens with one attached hydrogen (secondary N) is 1. The minimum Gasteiger partial charge on any atom is -0.494 e. The van der Waals surface area contributed by atoms with E-state index in [4.69, 9.17) is 9.47 Å². The summed E-state index contributed by atoms with van der Waals surface area (Å²) in [6.45, 7) is 10.7. The maximum absolute atomic E-state index is 12.8. The van der Waals surface area contributed by atoms with E-state index in [9.17, 15) is 4.79 Å². The van der Waals surface area contributed by atoms with Gasteiger partial charge in [-0.05, 0) is 64.4 Å². The first-order valence-electron chi connectivity index (χ1n) is 9.13. The second-order valence-corrected chi connectivity index (χ2v) is 7.55. The molecule has 1 heterocycles. The number of rotatable bonds is 4. The summed E-state index contributed by atoms with van der Waals surface area (Å²) in [6.07, 6.45) is 0.727. The number of hydrogen-bond acceptors (Lipinski definition) is 3. The molecule has 4 nitrogen and oxygen atoms in total. The van der Waals surface area contributed by atoms with Crippen LogP contribution < -0.4 is 14.8 Å². The van der Waals surface area contributed by atoms with E-state index in [1.54, 1.807) is 0 Å². The van der Waals surface area contributed by atoms with Gasteiger partial charge in [0.1, 0.15) is 17.1 Å². The summed E-state index contributed by atoms with van der Waals surface area (Å²) in [5.41, 5.74) is 3.48. The summed E-state index contributed by atoms with van der Waals surface area (Å²) < 4.78 is 11.6. The Hall–Kier alpha value is -2.49. The number of benzene rings is 2. The molecule has 4 heteroatoms. The smallest absolute Gasteiger partial charge is 0.251 e. The lowest BCUT2D eigenvalue weighted by Gasteiger charge is -2.38. The average molecular weight is 353 g/mol. The van der Waals surface area contributed by atoms with Crippen LogP contribution in [0.2, 0.25) is 0 Å². The van der Waals surface area contributed by atoms with E-state index in [-0.39, 0.29) is 17.6 Å². The molecule has 1 amide bonds. The lowest BCUT2D eigenvalue weighted by atomic mass is 9.88. The minimum atomic E-state index is -0.324. The Morgan fingerprint density at radius 1 is 1.23 bits per heavy atom. The molecule has 1 N–H and O–H groups in total. The summed E-state index contributed by atoms with van der Waals surface area (Å²) in [5, 5.41) is 3.19. The maximum atomic E-state index is 12.8. The summed E-state index contributed by atoms with van der Waals surface area (Å²) in [5.74, 6) is 1.59. The number of fused-ring (bicyclic) bond motifs is 1. The topological polar surface area (TPSA) is 47.6 Å². The van der Waals surface area contributed by atoms with Crippen LogP contribution in [0.15, 0.2) is 36.4 Å². The normalized spacial score (nSPS) is 17.8. The third-order valence-electron chi connectivity index (χ3n) is 4.66. The standard InChI is InChI=1S/C22H27NO3/c1-6-25-19-10-8-16(12-15(19)3)21(24)23-18-13-22(4,5)26-20-9-7-14(2)11-17(18)20/h7-12,18H,6,13H2,1-5H3,(H,23,24). The van der Waals surface area contributed by atoms with Gasteiger partial charge in [-0.25, -0.2) is 0 Å². The molecule has 0 aliphatic carbocycles. The molecule has 138 valence electrons. The van der Waals surface area contributed by atoms with Crippen molar-refractivity contribution < 1.29 is 14.3 Å². The number of ether oxygens (including phenoxy) is 2. The fourth-order valence-corrected chi connectivity index (χ4v) is 3.45. The molecule has 0 spiro atoms. The number of hydrogen-bond donors (Lipinski definition) is 1. The number of amides is 1. The predicted octanol–water partition coefficient (Wildman–Crippen LogP) is 4.73. The van der Waals surface area contributed by atoms with E-state index < -0.39 is 0 Å². The van der Waals surface area contributed by atoms with Crippen molar-refractivity contribution in [3.8, 4) is 11.5 Å². The molecular weight excluding hydrogens is 326 g/mol. The predicted molar refractivity (Wildman–Crippen MR) is 103 cm³/mol. The maximum Gasteiger partial charge on any atom is 0.251 e. The van der Waals surface area contributed by atoms with E-state index >= 15 is 0 Å². The number of aryl methyl sites for hydroxylation is 2. The fourth-order valence-electron chi connectivity index (χ4n) is 3.45. The van der Waals surface area contributed by atoms with Gasteiger partial charge >= 0.3 is 0 Å². The Morgan fingerprint density at radius 3 is 2.69 bits per heavy atom. The molecule has 0 bridgehead atoms. The molecule has 0 radical (unpaired) electrons. The minimum absolute atomic E-state index is 0.0759. The molecule has 0 saturated carbocycles. The molecule has 2 aromatic rings. The lowest BCUT2D eigenvalue weighted by Crippen LogP contribution is -2.41. The first-order chi connectivity index (χ1) is 12.3. The van der Waals surface area contributed by atoms with Crippen molar-refractivity contribution in [1.29, 1.82) is 0 Å². The van der Waals surface area contributed by atoms with Crippen molar-refractivity contribution in [2.75, 3.05) is 6.61 Å². The van der Waals surface area contributed by atoms with Gasteiger partial charge in [-0.15, -0.1) is 0 Å². The highest BCUT2D eigenvalue weighted by molar-refractivity contribution is 5.95. The average Bonchev–Trinajstić information content (AvgIpc) is 2.56. The SMILES string of the molecule is CCOc1ccc(C(=O)NC2CC(C)(C)Oc3ccc(C)cc32)cc1C. The molecule has 1 aliphatic rings. The van der Waals surface area contributed by atoms with Gasteiger partial charge in [0.05, 0.1) is 12.6 Å². The Morgan fingerprint density at radius 2 is 2.00 bits per heavy atom. The van der Waals surface area contributed by atoms with E-state index in [0.29, 0.717) is 12.2 Å². The zero-order valence-electron chi connectivity index (χ0n) is 16.2. The van der Waals surface area contributed by atoms with E-state index in [1.807, 2.05) is 44.2 Å². The summed E-state index contributed by atoms with van der Waals surface area (Å²) in [4.78, 5) is 12.8. The zero-order chi connectivity index (χ0) is 18.9. The molecule has 0 fully saturated rings. The van der Waals surface area contributed by atoms with E-state index in [1.165, 1.54) is 0 Å². The van der Waals surface area contributed by atoms with E-state index in [0.717, 1.165) is 34.6 Å². The molecule has 1 unspecified atom stereocenters. The van der Waals surface area contributed by atoms with Crippen LogP contribution in [0.1, 0.15) is 60.3 Å². The molecular formula is C22H27NO3. The van der Waals surface area contributed by atoms with Crippen LogP contribution in [0.4, 0.5) is 0 Å². The van der Waals surface area contributed by atoms with Gasteiger partial charge in [-0.2, -0.15) is 0 Å². The summed E-state index contributed by atoms with van der Waals surface area (Å²) >= 11 is 0. The molecule has 2 aromatic carbocycles. The first-order valence-corrected chi connectivity index (χ1v) is 9.13. The molecule has 0 saturated heterocycles. The van der Waals surface area contributed by atoms with Crippen LogP contribution in [-0.4, -0.2) is 18.1 Å². The quantitative estimate of drug-likeness (QED) is 0.864. The second kappa shape index (κ2) is 7.02. The lowest BCUT2D eigenvalue weighted by molar-refractivity contribution is 0.0619. The van der Waals surface area contributed by atoms with Crippen molar-refractivity contribution in [1.82, 2.24) is 5.32 Å². The molecule has 3 rings (SSSR count). The summed E-state index contributed by atoms with van der Waals surface area (Å²) in [7, 11) is 0. The molecule has 1 atom stereocenters. The van der Waals surface area contributed by atoms with Crippen LogP contribution in [-0.2, 0) is 0 Å². The van der Waals surface area contributed by atoms with Gasteiger partial charge in [-0.3, -0.25) is 4.79 Å². The third kappa shape index (κ3) is 3.85. The largest absolute Gasteiger partial charge is 0.494 e. The molecule has 1 aliphatic heterocycles. The van der Waals surface area contributed by atoms with Crippen molar-refractivity contribution in [3.63, 3.8) is 0 Å². The van der Waals surface area contributed by atoms with Gasteiger partial charge < -0.3 is 14.8 Å². The van der Waals surface area contributed by atoms with Crippen molar-refractivity contribution in [2.45, 2.75) is 52.7 Å². The first kappa shape index (κ1) is 18.3. The van der Waals surface area contributed by atoms with Crippen molar-refractivity contribution in [3.05, 3.63) is 58.7 Å². The van der Waals surface area contributed by atoms with E-state index in [2.05, 4.69) is 32.2 Å². The summed E-state index contributed by atoms with van der Waals surface area (Å²) in [6, 6.07) is 11.6. The highest BCUT2D eigenvalue weighted by atomic mass is 16.5. The van der Waals surface area contributed by atoms with Gasteiger partial charge in [0.2, 0.25) is 0 Å². The van der Waals surface area contributed by atoms with Gasteiger partial charge in [-0.1, -0.05) is 17.7 Å². The van der Waals surface area contributed by atoms with Crippen molar-refractivity contribution in [2.24, 2.45) is 0 Å². The molecule has 0 aromatic heterocycles. The monoisotopic (exact) mass is 353 g/mol. The van der Waals surface area contributed by atoms with Crippen LogP contribution in [0, 0.1) is 13.8 Å².